The van der Waals surface area contributed by atoms with Gasteiger partial charge in [0.15, 0.2) is 0 Å². The van der Waals surface area contributed by atoms with Crippen LogP contribution in [0.25, 0.3) is 22.4 Å². The van der Waals surface area contributed by atoms with Crippen molar-refractivity contribution in [2.75, 3.05) is 11.9 Å². The largest absolute Gasteiger partial charge is 0.480 e. The number of amides is 2. The summed E-state index contributed by atoms with van der Waals surface area (Å²) in [6.45, 7) is 5.02. The zero-order valence-corrected chi connectivity index (χ0v) is 28.2. The molecule has 0 spiro atoms. The second-order valence-corrected chi connectivity index (χ2v) is 12.6. The fourth-order valence-corrected chi connectivity index (χ4v) is 6.18. The average Bonchev–Trinajstić information content (AvgIpc) is 3.43. The van der Waals surface area contributed by atoms with E-state index in [0.717, 1.165) is 28.1 Å². The van der Waals surface area contributed by atoms with Crippen LogP contribution < -0.4 is 16.4 Å². The molecule has 0 bridgehead atoms. The van der Waals surface area contributed by atoms with Gasteiger partial charge in [-0.1, -0.05) is 62.4 Å². The SMILES string of the molecule is CC(C)c1c(C(=O)Nc2ccccc2)c(-c2ccccc2)c(-c2ccc(F)cc2)n1CCCCC(O)CC(=O)NC(CCCCN)C(=O)O. The standard InChI is InChI=1S/C39H47FN4O5/c1-26(2)36-35(38(47)42-30-15-7-4-8-16-30)34(27-13-5-3-6-14-27)37(28-19-21-29(40)22-20-28)44(36)24-12-10-17-31(45)25-33(46)43-32(39(48)49)18-9-11-23-41/h3-8,13-16,19-22,26,31-32,45H,9-12,17-18,23-25,41H2,1-2H3,(H,42,47)(H,43,46)(H,48,49). The fourth-order valence-electron chi connectivity index (χ4n) is 6.18. The number of carboxylic acid groups (broad SMARTS) is 1. The van der Waals surface area contributed by atoms with Crippen molar-refractivity contribution in [1.82, 2.24) is 9.88 Å². The molecule has 3 aromatic carbocycles. The van der Waals surface area contributed by atoms with Crippen LogP contribution in [0.15, 0.2) is 84.9 Å². The number of nitrogens with zero attached hydrogens (tertiary/aromatic N) is 1. The number of hydrogen-bond acceptors (Lipinski definition) is 5. The van der Waals surface area contributed by atoms with Gasteiger partial charge in [-0.25, -0.2) is 9.18 Å². The lowest BCUT2D eigenvalue weighted by atomic mass is 9.94. The van der Waals surface area contributed by atoms with Crippen LogP contribution in [0, 0.1) is 5.82 Å². The summed E-state index contributed by atoms with van der Waals surface area (Å²) in [5.74, 6) is -2.30. The second-order valence-electron chi connectivity index (χ2n) is 12.6. The fraction of sp³-hybridized carbons (Fsp3) is 0.359. The Labute approximate surface area is 287 Å². The highest BCUT2D eigenvalue weighted by atomic mass is 19.1. The number of carbonyl (C=O) groups excluding carboxylic acids is 2. The normalized spacial score (nSPS) is 12.4. The topological polar surface area (TPSA) is 147 Å². The molecule has 49 heavy (non-hydrogen) atoms. The molecule has 10 heteroatoms. The molecule has 2 amide bonds. The zero-order valence-electron chi connectivity index (χ0n) is 28.2. The highest BCUT2D eigenvalue weighted by Gasteiger charge is 2.30. The van der Waals surface area contributed by atoms with Gasteiger partial charge in [-0.15, -0.1) is 0 Å². The Morgan fingerprint density at radius 3 is 2.08 bits per heavy atom. The quantitative estimate of drug-likeness (QED) is 0.0724. The van der Waals surface area contributed by atoms with Gasteiger partial charge in [-0.05, 0) is 98.5 Å². The molecule has 2 unspecified atom stereocenters. The van der Waals surface area contributed by atoms with Crippen LogP contribution in [0.1, 0.15) is 80.8 Å². The van der Waals surface area contributed by atoms with E-state index in [1.165, 1.54) is 12.1 Å². The van der Waals surface area contributed by atoms with E-state index in [1.54, 1.807) is 12.1 Å². The van der Waals surface area contributed by atoms with Gasteiger partial charge >= 0.3 is 5.97 Å². The molecule has 2 atom stereocenters. The number of carboxylic acids is 1. The van der Waals surface area contributed by atoms with Gasteiger partial charge in [0.25, 0.3) is 5.91 Å². The summed E-state index contributed by atoms with van der Waals surface area (Å²) >= 11 is 0. The van der Waals surface area contributed by atoms with E-state index in [1.807, 2.05) is 74.5 Å². The van der Waals surface area contributed by atoms with E-state index in [9.17, 15) is 29.0 Å². The number of nitrogens with one attached hydrogen (secondary N) is 2. The van der Waals surface area contributed by atoms with Crippen LogP contribution in [0.2, 0.25) is 0 Å². The Bertz CT molecular complexity index is 1670. The lowest BCUT2D eigenvalue weighted by Gasteiger charge is -2.18. The van der Waals surface area contributed by atoms with Crippen LogP contribution in [-0.2, 0) is 16.1 Å². The third-order valence-electron chi connectivity index (χ3n) is 8.46. The Morgan fingerprint density at radius 1 is 0.837 bits per heavy atom. The number of unbranched alkanes of at least 4 members (excludes halogenated alkanes) is 2. The van der Waals surface area contributed by atoms with Crippen LogP contribution in [0.3, 0.4) is 0 Å². The number of nitrogens with two attached hydrogens (primary N) is 1. The zero-order chi connectivity index (χ0) is 35.3. The molecular formula is C39H47FN4O5. The smallest absolute Gasteiger partial charge is 0.326 e. The van der Waals surface area contributed by atoms with Gasteiger partial charge in [0.1, 0.15) is 11.9 Å². The summed E-state index contributed by atoms with van der Waals surface area (Å²) in [4.78, 5) is 38.3. The highest BCUT2D eigenvalue weighted by Crippen LogP contribution is 2.42. The first kappa shape index (κ1) is 37.0. The van der Waals surface area contributed by atoms with Crippen LogP contribution in [0.4, 0.5) is 10.1 Å². The number of rotatable bonds is 18. The number of para-hydroxylation sites is 1. The van der Waals surface area contributed by atoms with Gasteiger partial charge in [0, 0.05) is 23.5 Å². The molecule has 1 heterocycles. The van der Waals surface area contributed by atoms with E-state index in [2.05, 4.69) is 15.2 Å². The molecule has 0 aliphatic heterocycles. The summed E-state index contributed by atoms with van der Waals surface area (Å²) in [7, 11) is 0. The molecule has 0 aliphatic carbocycles. The minimum absolute atomic E-state index is 0.0606. The maximum Gasteiger partial charge on any atom is 0.326 e. The Kier molecular flexibility index (Phi) is 13.7. The molecule has 1 aromatic heterocycles. The van der Waals surface area contributed by atoms with Crippen LogP contribution >= 0.6 is 0 Å². The minimum Gasteiger partial charge on any atom is -0.480 e. The van der Waals surface area contributed by atoms with Crippen molar-refractivity contribution < 1.29 is 29.0 Å². The van der Waals surface area contributed by atoms with Gasteiger partial charge in [-0.3, -0.25) is 9.59 Å². The average molecular weight is 671 g/mol. The summed E-state index contributed by atoms with van der Waals surface area (Å²) in [6.07, 6.45) is 1.88. The van der Waals surface area contributed by atoms with E-state index in [-0.39, 0.29) is 30.5 Å². The van der Waals surface area contributed by atoms with Gasteiger partial charge in [0.05, 0.1) is 23.8 Å². The van der Waals surface area contributed by atoms with Crippen molar-refractivity contribution in [3.63, 3.8) is 0 Å². The third-order valence-corrected chi connectivity index (χ3v) is 8.46. The lowest BCUT2D eigenvalue weighted by molar-refractivity contribution is -0.142. The second kappa shape index (κ2) is 18.1. The number of halogens is 1. The van der Waals surface area contributed by atoms with Crippen LogP contribution in [-0.4, -0.2) is 51.3 Å². The monoisotopic (exact) mass is 670 g/mol. The Balaban J connectivity index is 1.62. The lowest BCUT2D eigenvalue weighted by Crippen LogP contribution is -2.41. The Hall–Kier alpha value is -4.80. The number of benzene rings is 3. The van der Waals surface area contributed by atoms with Crippen molar-refractivity contribution in [2.45, 2.75) is 83.4 Å². The molecule has 0 aliphatic rings. The summed E-state index contributed by atoms with van der Waals surface area (Å²) in [5.41, 5.74) is 10.7. The molecule has 9 nitrogen and oxygen atoms in total. The van der Waals surface area contributed by atoms with Gasteiger partial charge < -0.3 is 31.1 Å². The molecule has 0 saturated heterocycles. The predicted molar refractivity (Wildman–Crippen MR) is 191 cm³/mol. The first-order chi connectivity index (χ1) is 23.6. The molecular weight excluding hydrogens is 623 g/mol. The van der Waals surface area contributed by atoms with Crippen molar-refractivity contribution in [1.29, 1.82) is 0 Å². The van der Waals surface area contributed by atoms with E-state index >= 15 is 0 Å². The molecule has 4 rings (SSSR count). The molecule has 260 valence electrons. The number of carbonyl (C=O) groups is 3. The first-order valence-electron chi connectivity index (χ1n) is 16.9. The van der Waals surface area contributed by atoms with Crippen molar-refractivity contribution in [2.24, 2.45) is 5.73 Å². The van der Waals surface area contributed by atoms with E-state index in [0.29, 0.717) is 56.4 Å². The molecule has 0 saturated carbocycles. The number of aliphatic hydroxyl groups is 1. The molecule has 4 aromatic rings. The van der Waals surface area contributed by atoms with Crippen molar-refractivity contribution >= 4 is 23.5 Å². The molecule has 0 fully saturated rings. The van der Waals surface area contributed by atoms with Gasteiger partial charge in [0.2, 0.25) is 5.91 Å². The predicted octanol–water partition coefficient (Wildman–Crippen LogP) is 6.96. The molecule has 0 radical (unpaired) electrons. The third kappa shape index (κ3) is 10.1. The van der Waals surface area contributed by atoms with Gasteiger partial charge in [-0.2, -0.15) is 0 Å². The first-order valence-corrected chi connectivity index (χ1v) is 16.9. The summed E-state index contributed by atoms with van der Waals surface area (Å²) in [5, 5.41) is 25.7. The number of aliphatic carboxylic acids is 1. The summed E-state index contributed by atoms with van der Waals surface area (Å²) < 4.78 is 16.3. The maximum absolute atomic E-state index is 14.2. The van der Waals surface area contributed by atoms with Crippen molar-refractivity contribution in [3.8, 4) is 22.4 Å². The minimum atomic E-state index is -1.11. The molecule has 6 N–H and O–H groups in total. The van der Waals surface area contributed by atoms with E-state index < -0.39 is 24.0 Å². The number of aromatic nitrogens is 1. The van der Waals surface area contributed by atoms with Crippen molar-refractivity contribution in [3.05, 3.63) is 102 Å². The van der Waals surface area contributed by atoms with E-state index in [4.69, 9.17) is 5.73 Å². The number of aliphatic hydroxyl groups excluding tert-OH is 1. The number of hydrogen-bond donors (Lipinski definition) is 5. The summed E-state index contributed by atoms with van der Waals surface area (Å²) in [6, 6.07) is 24.2. The Morgan fingerprint density at radius 2 is 1.47 bits per heavy atom. The highest BCUT2D eigenvalue weighted by molar-refractivity contribution is 6.12. The van der Waals surface area contributed by atoms with Crippen LogP contribution in [0.5, 0.6) is 0 Å². The number of anilines is 1. The maximum atomic E-state index is 14.2.